The first-order chi connectivity index (χ1) is 10.2. The van der Waals surface area contributed by atoms with Crippen molar-refractivity contribution in [2.24, 2.45) is 23.7 Å². The van der Waals surface area contributed by atoms with E-state index in [1.165, 1.54) is 6.33 Å². The van der Waals surface area contributed by atoms with Gasteiger partial charge in [0.15, 0.2) is 0 Å². The van der Waals surface area contributed by atoms with E-state index in [-0.39, 0.29) is 17.7 Å². The number of aryl methyl sites for hydroxylation is 1. The van der Waals surface area contributed by atoms with E-state index in [2.05, 4.69) is 20.5 Å². The molecule has 2 aliphatic carbocycles. The fourth-order valence-corrected chi connectivity index (χ4v) is 3.45. The van der Waals surface area contributed by atoms with Crippen LogP contribution in [0.15, 0.2) is 18.5 Å². The lowest BCUT2D eigenvalue weighted by Gasteiger charge is -2.23. The maximum atomic E-state index is 12.3. The quantitative estimate of drug-likeness (QED) is 0.518. The molecule has 1 heterocycles. The van der Waals surface area contributed by atoms with Gasteiger partial charge >= 0.3 is 5.97 Å². The number of fused-ring (bicyclic) bond motifs is 2. The Morgan fingerprint density at radius 2 is 2.10 bits per heavy atom. The van der Waals surface area contributed by atoms with Gasteiger partial charge in [0.1, 0.15) is 12.2 Å². The van der Waals surface area contributed by atoms with Crippen LogP contribution in [0.1, 0.15) is 18.7 Å². The highest BCUT2D eigenvalue weighted by atomic mass is 16.4. The summed E-state index contributed by atoms with van der Waals surface area (Å²) in [5.41, 5.74) is 0. The number of aromatic nitrogens is 3. The maximum Gasteiger partial charge on any atom is 0.307 e. The summed E-state index contributed by atoms with van der Waals surface area (Å²) in [5.74, 6) is -1.14. The van der Waals surface area contributed by atoms with Crippen LogP contribution in [0.2, 0.25) is 0 Å². The van der Waals surface area contributed by atoms with E-state index in [1.807, 2.05) is 12.2 Å². The number of aromatic amines is 1. The number of nitrogens with one attached hydrogen (secondary N) is 2. The van der Waals surface area contributed by atoms with E-state index < -0.39 is 17.8 Å². The summed E-state index contributed by atoms with van der Waals surface area (Å²) in [7, 11) is 0. The predicted octanol–water partition coefficient (Wildman–Crippen LogP) is 0.376. The molecule has 3 N–H and O–H groups in total. The fourth-order valence-electron chi connectivity index (χ4n) is 3.45. The van der Waals surface area contributed by atoms with Crippen molar-refractivity contribution in [3.05, 3.63) is 24.3 Å². The van der Waals surface area contributed by atoms with Gasteiger partial charge in [-0.15, -0.1) is 0 Å². The molecule has 4 atom stereocenters. The third-order valence-corrected chi connectivity index (χ3v) is 4.40. The van der Waals surface area contributed by atoms with Gasteiger partial charge in [0.2, 0.25) is 5.91 Å². The lowest BCUT2D eigenvalue weighted by atomic mass is 9.82. The minimum absolute atomic E-state index is 0.0115. The second kappa shape index (κ2) is 5.67. The minimum Gasteiger partial charge on any atom is -0.481 e. The third-order valence-electron chi connectivity index (χ3n) is 4.40. The molecular formula is C14H18N4O3. The van der Waals surface area contributed by atoms with Gasteiger partial charge in [-0.2, -0.15) is 5.10 Å². The van der Waals surface area contributed by atoms with Gasteiger partial charge in [0.05, 0.1) is 11.8 Å². The molecule has 21 heavy (non-hydrogen) atoms. The number of rotatable bonds is 6. The average molecular weight is 290 g/mol. The molecule has 1 saturated carbocycles. The first kappa shape index (κ1) is 13.8. The van der Waals surface area contributed by atoms with Gasteiger partial charge in [-0.05, 0) is 24.7 Å². The zero-order valence-corrected chi connectivity index (χ0v) is 11.5. The SMILES string of the molecule is O=C(O)[C@@H]1C2C=CC(C2)[C@@H]1C(=O)NCCCc1ncn[nH]1. The number of hydrogen-bond acceptors (Lipinski definition) is 4. The van der Waals surface area contributed by atoms with Crippen molar-refractivity contribution in [1.29, 1.82) is 0 Å². The number of allylic oxidation sites excluding steroid dienone is 2. The lowest BCUT2D eigenvalue weighted by molar-refractivity contribution is -0.147. The van der Waals surface area contributed by atoms with Gasteiger partial charge < -0.3 is 10.4 Å². The van der Waals surface area contributed by atoms with Gasteiger partial charge in [0.25, 0.3) is 0 Å². The smallest absolute Gasteiger partial charge is 0.307 e. The first-order valence-electron chi connectivity index (χ1n) is 7.20. The Kier molecular flexibility index (Phi) is 3.72. The van der Waals surface area contributed by atoms with Crippen LogP contribution in [0.5, 0.6) is 0 Å². The van der Waals surface area contributed by atoms with Crippen LogP contribution in [0.4, 0.5) is 0 Å². The number of carbonyl (C=O) groups excluding carboxylic acids is 1. The Hall–Kier alpha value is -2.18. The number of H-pyrrole nitrogens is 1. The molecule has 2 bridgehead atoms. The number of aliphatic carboxylic acids is 1. The average Bonchev–Trinajstić information content (AvgIpc) is 3.18. The van der Waals surface area contributed by atoms with Crippen molar-refractivity contribution in [1.82, 2.24) is 20.5 Å². The van der Waals surface area contributed by atoms with Crippen LogP contribution in [-0.4, -0.2) is 38.7 Å². The molecule has 0 aromatic carbocycles. The highest BCUT2D eigenvalue weighted by Gasteiger charge is 2.51. The monoisotopic (exact) mass is 290 g/mol. The number of carboxylic acids is 1. The molecule has 1 aromatic heterocycles. The molecule has 2 unspecified atom stereocenters. The maximum absolute atomic E-state index is 12.3. The molecule has 0 saturated heterocycles. The molecule has 1 fully saturated rings. The molecule has 0 aliphatic heterocycles. The molecule has 1 aromatic rings. The second-order valence-corrected chi connectivity index (χ2v) is 5.66. The molecule has 2 aliphatic rings. The van der Waals surface area contributed by atoms with Crippen molar-refractivity contribution in [3.63, 3.8) is 0 Å². The van der Waals surface area contributed by atoms with Gasteiger partial charge in [0, 0.05) is 13.0 Å². The Labute approximate surface area is 121 Å². The van der Waals surface area contributed by atoms with E-state index in [1.54, 1.807) is 0 Å². The van der Waals surface area contributed by atoms with E-state index in [9.17, 15) is 14.7 Å². The van der Waals surface area contributed by atoms with Gasteiger partial charge in [-0.1, -0.05) is 12.2 Å². The Morgan fingerprint density at radius 1 is 1.33 bits per heavy atom. The number of amides is 1. The van der Waals surface area contributed by atoms with Crippen molar-refractivity contribution in [2.75, 3.05) is 6.54 Å². The summed E-state index contributed by atoms with van der Waals surface area (Å²) >= 11 is 0. The summed E-state index contributed by atoms with van der Waals surface area (Å²) in [6, 6.07) is 0. The highest BCUT2D eigenvalue weighted by molar-refractivity contribution is 5.86. The molecule has 1 amide bonds. The number of nitrogens with zero attached hydrogens (tertiary/aromatic N) is 2. The van der Waals surface area contributed by atoms with Crippen molar-refractivity contribution < 1.29 is 14.7 Å². The van der Waals surface area contributed by atoms with E-state index in [0.717, 1.165) is 18.7 Å². The van der Waals surface area contributed by atoms with Crippen molar-refractivity contribution >= 4 is 11.9 Å². The largest absolute Gasteiger partial charge is 0.481 e. The van der Waals surface area contributed by atoms with Crippen LogP contribution in [0.25, 0.3) is 0 Å². The minimum atomic E-state index is -0.867. The normalized spacial score (nSPS) is 29.7. The van der Waals surface area contributed by atoms with E-state index in [0.29, 0.717) is 13.0 Å². The van der Waals surface area contributed by atoms with Gasteiger partial charge in [-0.3, -0.25) is 14.7 Å². The van der Waals surface area contributed by atoms with Crippen LogP contribution in [-0.2, 0) is 16.0 Å². The lowest BCUT2D eigenvalue weighted by Crippen LogP contribution is -2.40. The summed E-state index contributed by atoms with van der Waals surface area (Å²) in [6.07, 6.45) is 7.62. The molecule has 0 spiro atoms. The third kappa shape index (κ3) is 2.68. The predicted molar refractivity (Wildman–Crippen MR) is 73.1 cm³/mol. The highest BCUT2D eigenvalue weighted by Crippen LogP contribution is 2.48. The summed E-state index contributed by atoms with van der Waals surface area (Å²) in [5, 5.41) is 18.7. The standard InChI is InChI=1S/C14H18N4O3/c19-13(15-5-1-2-10-16-7-17-18-10)11-8-3-4-9(6-8)12(11)14(20)21/h3-4,7-9,11-12H,1-2,5-6H2,(H,15,19)(H,20,21)(H,16,17,18)/t8?,9?,11-,12+/m0/s1. The van der Waals surface area contributed by atoms with E-state index in [4.69, 9.17) is 0 Å². The molecular weight excluding hydrogens is 272 g/mol. The zero-order valence-electron chi connectivity index (χ0n) is 11.5. The van der Waals surface area contributed by atoms with Gasteiger partial charge in [-0.25, -0.2) is 4.98 Å². The Morgan fingerprint density at radius 3 is 2.76 bits per heavy atom. The summed E-state index contributed by atoms with van der Waals surface area (Å²) < 4.78 is 0. The molecule has 7 heteroatoms. The molecule has 0 radical (unpaired) electrons. The van der Waals surface area contributed by atoms with Crippen LogP contribution >= 0.6 is 0 Å². The van der Waals surface area contributed by atoms with Crippen LogP contribution < -0.4 is 5.32 Å². The number of hydrogen-bond donors (Lipinski definition) is 3. The van der Waals surface area contributed by atoms with Crippen LogP contribution in [0, 0.1) is 23.7 Å². The Bertz CT molecular complexity index is 555. The van der Waals surface area contributed by atoms with Crippen molar-refractivity contribution in [2.45, 2.75) is 19.3 Å². The fraction of sp³-hybridized carbons (Fsp3) is 0.571. The number of carbonyl (C=O) groups is 2. The Balaban J connectivity index is 1.51. The summed E-state index contributed by atoms with van der Waals surface area (Å²) in [4.78, 5) is 27.6. The van der Waals surface area contributed by atoms with Crippen molar-refractivity contribution in [3.8, 4) is 0 Å². The zero-order chi connectivity index (χ0) is 14.8. The summed E-state index contributed by atoms with van der Waals surface area (Å²) in [6.45, 7) is 0.517. The second-order valence-electron chi connectivity index (χ2n) is 5.66. The van der Waals surface area contributed by atoms with Crippen LogP contribution in [0.3, 0.4) is 0 Å². The number of carboxylic acid groups (broad SMARTS) is 1. The first-order valence-corrected chi connectivity index (χ1v) is 7.20. The van der Waals surface area contributed by atoms with E-state index >= 15 is 0 Å². The topological polar surface area (TPSA) is 108 Å². The molecule has 7 nitrogen and oxygen atoms in total. The molecule has 112 valence electrons. The molecule has 3 rings (SSSR count).